The van der Waals surface area contributed by atoms with E-state index in [0.717, 1.165) is 5.56 Å². The summed E-state index contributed by atoms with van der Waals surface area (Å²) < 4.78 is 1.34. The Kier molecular flexibility index (Phi) is 6.13. The zero-order valence-corrected chi connectivity index (χ0v) is 16.2. The number of rotatable bonds is 6. The number of aromatic nitrogens is 3. The minimum atomic E-state index is -0.306. The number of hydrogen-bond acceptors (Lipinski definition) is 5. The first-order valence-corrected chi connectivity index (χ1v) is 9.08. The van der Waals surface area contributed by atoms with E-state index in [2.05, 4.69) is 20.6 Å². The Morgan fingerprint density at radius 2 is 1.83 bits per heavy atom. The monoisotopic (exact) mass is 391 g/mol. The van der Waals surface area contributed by atoms with E-state index in [1.54, 1.807) is 14.1 Å². The second-order valence-electron chi connectivity index (χ2n) is 6.37. The lowest BCUT2D eigenvalue weighted by atomic mass is 10.1. The number of nitrogens with zero attached hydrogens (tertiary/aromatic N) is 3. The highest BCUT2D eigenvalue weighted by atomic mass is 16.2. The fourth-order valence-electron chi connectivity index (χ4n) is 2.78. The van der Waals surface area contributed by atoms with E-state index in [0.29, 0.717) is 29.1 Å². The van der Waals surface area contributed by atoms with Crippen LogP contribution in [-0.2, 0) is 13.5 Å². The summed E-state index contributed by atoms with van der Waals surface area (Å²) in [6.45, 7) is 0.275. The smallest absolute Gasteiger partial charge is 0.254 e. The van der Waals surface area contributed by atoms with Gasteiger partial charge in [0.15, 0.2) is 5.82 Å². The van der Waals surface area contributed by atoms with Crippen molar-refractivity contribution >= 4 is 11.8 Å². The Hall–Kier alpha value is -3.81. The lowest BCUT2D eigenvalue weighted by Gasteiger charge is -2.11. The summed E-state index contributed by atoms with van der Waals surface area (Å²) in [6, 6.07) is 12.3. The highest BCUT2D eigenvalue weighted by Gasteiger charge is 2.15. The van der Waals surface area contributed by atoms with Gasteiger partial charge in [0.05, 0.1) is 16.8 Å². The molecule has 29 heavy (non-hydrogen) atoms. The number of aryl methyl sites for hydroxylation is 1. The number of hydrogen-bond donors (Lipinski definition) is 2. The first-order chi connectivity index (χ1) is 14.0. The molecule has 8 nitrogen and oxygen atoms in total. The fraction of sp³-hybridized carbons (Fsp3) is 0.190. The van der Waals surface area contributed by atoms with Gasteiger partial charge in [-0.25, -0.2) is 9.97 Å². The third kappa shape index (κ3) is 4.73. The molecule has 1 aromatic carbocycles. The number of amides is 2. The van der Waals surface area contributed by atoms with Gasteiger partial charge in [0.1, 0.15) is 0 Å². The van der Waals surface area contributed by atoms with Crippen LogP contribution in [-0.4, -0.2) is 39.9 Å². The number of benzene rings is 1. The Labute approximate surface area is 167 Å². The van der Waals surface area contributed by atoms with Gasteiger partial charge in [-0.15, -0.1) is 0 Å². The molecule has 0 saturated heterocycles. The molecule has 0 aliphatic rings. The standard InChI is InChI=1S/C21H21N5O3/c1-22-21(29)16-12-24-19(14-6-4-3-5-7-14)25-17(16)10-11-23-20(28)15-8-9-18(27)26(2)13-15/h3-9,12-13H,10-11H2,1-2H3,(H,22,29)(H,23,28). The third-order valence-corrected chi connectivity index (χ3v) is 4.37. The number of carbonyl (C=O) groups is 2. The van der Waals surface area contributed by atoms with Gasteiger partial charge in [-0.05, 0) is 6.07 Å². The first kappa shape index (κ1) is 19.9. The summed E-state index contributed by atoms with van der Waals surface area (Å²) in [5, 5.41) is 5.37. The lowest BCUT2D eigenvalue weighted by molar-refractivity contribution is 0.0951. The van der Waals surface area contributed by atoms with Crippen LogP contribution in [0.25, 0.3) is 11.4 Å². The highest BCUT2D eigenvalue weighted by Crippen LogP contribution is 2.16. The maximum Gasteiger partial charge on any atom is 0.254 e. The molecular weight excluding hydrogens is 370 g/mol. The normalized spacial score (nSPS) is 10.4. The molecule has 8 heteroatoms. The summed E-state index contributed by atoms with van der Waals surface area (Å²) in [4.78, 5) is 44.8. The van der Waals surface area contributed by atoms with Crippen molar-refractivity contribution in [2.45, 2.75) is 6.42 Å². The SMILES string of the molecule is CNC(=O)c1cnc(-c2ccccc2)nc1CCNC(=O)c1ccc(=O)n(C)c1. The quantitative estimate of drug-likeness (QED) is 0.656. The molecule has 3 aromatic rings. The third-order valence-electron chi connectivity index (χ3n) is 4.37. The van der Waals surface area contributed by atoms with Crippen LogP contribution in [0.1, 0.15) is 26.4 Å². The van der Waals surface area contributed by atoms with E-state index in [9.17, 15) is 14.4 Å². The van der Waals surface area contributed by atoms with Crippen LogP contribution in [0.3, 0.4) is 0 Å². The summed E-state index contributed by atoms with van der Waals surface area (Å²) >= 11 is 0. The van der Waals surface area contributed by atoms with Gasteiger partial charge < -0.3 is 15.2 Å². The van der Waals surface area contributed by atoms with E-state index >= 15 is 0 Å². The Balaban J connectivity index is 1.77. The average Bonchev–Trinajstić information content (AvgIpc) is 2.75. The molecule has 2 heterocycles. The Bertz CT molecular complexity index is 1090. The maximum atomic E-state index is 12.3. The molecule has 3 rings (SSSR count). The number of nitrogens with one attached hydrogen (secondary N) is 2. The second kappa shape index (κ2) is 8.92. The summed E-state index contributed by atoms with van der Waals surface area (Å²) in [7, 11) is 3.12. The molecule has 2 aromatic heterocycles. The average molecular weight is 391 g/mol. The van der Waals surface area contributed by atoms with Gasteiger partial charge in [0, 0.05) is 51.1 Å². The van der Waals surface area contributed by atoms with Crippen molar-refractivity contribution in [3.63, 3.8) is 0 Å². The van der Waals surface area contributed by atoms with Crippen LogP contribution in [0.15, 0.2) is 59.7 Å². The molecule has 0 fully saturated rings. The largest absolute Gasteiger partial charge is 0.355 e. The second-order valence-corrected chi connectivity index (χ2v) is 6.37. The van der Waals surface area contributed by atoms with Crippen LogP contribution < -0.4 is 16.2 Å². The molecule has 0 spiro atoms. The Morgan fingerprint density at radius 3 is 2.52 bits per heavy atom. The topological polar surface area (TPSA) is 106 Å². The van der Waals surface area contributed by atoms with Crippen LogP contribution >= 0.6 is 0 Å². The van der Waals surface area contributed by atoms with Crippen LogP contribution in [0.5, 0.6) is 0 Å². The highest BCUT2D eigenvalue weighted by molar-refractivity contribution is 5.95. The van der Waals surface area contributed by atoms with Crippen molar-refractivity contribution in [1.29, 1.82) is 0 Å². The maximum absolute atomic E-state index is 12.3. The molecule has 2 N–H and O–H groups in total. The van der Waals surface area contributed by atoms with Gasteiger partial charge in [-0.3, -0.25) is 14.4 Å². The van der Waals surface area contributed by atoms with E-state index in [4.69, 9.17) is 0 Å². The van der Waals surface area contributed by atoms with Crippen LogP contribution in [0.2, 0.25) is 0 Å². The molecule has 0 aliphatic heterocycles. The van der Waals surface area contributed by atoms with Crippen molar-refractivity contribution in [2.75, 3.05) is 13.6 Å². The van der Waals surface area contributed by atoms with Gasteiger partial charge in [0.25, 0.3) is 11.8 Å². The van der Waals surface area contributed by atoms with Crippen molar-refractivity contribution in [2.24, 2.45) is 7.05 Å². The Morgan fingerprint density at radius 1 is 1.07 bits per heavy atom. The van der Waals surface area contributed by atoms with Crippen molar-refractivity contribution in [1.82, 2.24) is 25.2 Å². The molecule has 0 bridgehead atoms. The van der Waals surface area contributed by atoms with Gasteiger partial charge >= 0.3 is 0 Å². The lowest BCUT2D eigenvalue weighted by Crippen LogP contribution is -2.29. The molecule has 0 saturated carbocycles. The van der Waals surface area contributed by atoms with E-state index in [1.807, 2.05) is 30.3 Å². The molecular formula is C21H21N5O3. The minimum Gasteiger partial charge on any atom is -0.355 e. The summed E-state index contributed by atoms with van der Waals surface area (Å²) in [5.74, 6) is -0.0823. The van der Waals surface area contributed by atoms with Gasteiger partial charge in [0.2, 0.25) is 5.56 Å². The van der Waals surface area contributed by atoms with Gasteiger partial charge in [-0.2, -0.15) is 0 Å². The predicted octanol–water partition coefficient (Wildman–Crippen LogP) is 1.17. The van der Waals surface area contributed by atoms with Crippen molar-refractivity contribution in [3.8, 4) is 11.4 Å². The van der Waals surface area contributed by atoms with E-state index < -0.39 is 0 Å². The van der Waals surface area contributed by atoms with E-state index in [1.165, 1.54) is 29.1 Å². The fourth-order valence-corrected chi connectivity index (χ4v) is 2.78. The van der Waals surface area contributed by atoms with Crippen molar-refractivity contribution in [3.05, 3.63) is 82.0 Å². The molecule has 148 valence electrons. The molecule has 0 unspecified atom stereocenters. The molecule has 0 radical (unpaired) electrons. The van der Waals surface area contributed by atoms with Crippen LogP contribution in [0.4, 0.5) is 0 Å². The zero-order valence-electron chi connectivity index (χ0n) is 16.2. The predicted molar refractivity (Wildman–Crippen MR) is 109 cm³/mol. The zero-order chi connectivity index (χ0) is 20.8. The molecule has 2 amide bonds. The minimum absolute atomic E-state index is 0.189. The van der Waals surface area contributed by atoms with Crippen LogP contribution in [0, 0.1) is 0 Å². The summed E-state index contributed by atoms with van der Waals surface area (Å²) in [5.41, 5.74) is 1.94. The molecule has 0 atom stereocenters. The van der Waals surface area contributed by atoms with Gasteiger partial charge in [-0.1, -0.05) is 30.3 Å². The number of carbonyl (C=O) groups excluding carboxylic acids is 2. The number of pyridine rings is 1. The molecule has 0 aliphatic carbocycles. The first-order valence-electron chi connectivity index (χ1n) is 9.08. The summed E-state index contributed by atoms with van der Waals surface area (Å²) in [6.07, 6.45) is 3.33. The van der Waals surface area contributed by atoms with E-state index in [-0.39, 0.29) is 23.9 Å². The van der Waals surface area contributed by atoms with Crippen molar-refractivity contribution < 1.29 is 9.59 Å².